The molecule has 5 nitrogen and oxygen atoms in total. The first-order chi connectivity index (χ1) is 11.9. The van der Waals surface area contributed by atoms with E-state index >= 15 is 0 Å². The number of amides is 1. The summed E-state index contributed by atoms with van der Waals surface area (Å²) in [4.78, 5) is 18.1. The molecule has 1 N–H and O–H groups in total. The average molecular weight is 338 g/mol. The van der Waals surface area contributed by atoms with E-state index in [0.717, 1.165) is 0 Å². The number of fused-ring (bicyclic) bond motifs is 1. The van der Waals surface area contributed by atoms with Crippen LogP contribution in [0.4, 0.5) is 15.9 Å². The van der Waals surface area contributed by atoms with E-state index in [-0.39, 0.29) is 29.7 Å². The molecule has 0 saturated heterocycles. The molecule has 1 aliphatic rings. The predicted molar refractivity (Wildman–Crippen MR) is 93.5 cm³/mol. The van der Waals surface area contributed by atoms with Crippen LogP contribution in [0, 0.1) is 23.1 Å². The zero-order valence-electron chi connectivity index (χ0n) is 14.3. The first-order valence-corrected chi connectivity index (χ1v) is 8.15. The molecule has 1 aromatic heterocycles. The van der Waals surface area contributed by atoms with Crippen molar-refractivity contribution in [2.24, 2.45) is 5.92 Å². The summed E-state index contributed by atoms with van der Waals surface area (Å²) < 4.78 is 13.9. The Morgan fingerprint density at radius 3 is 2.80 bits per heavy atom. The molecule has 6 heteroatoms. The minimum absolute atomic E-state index is 0.00764. The molecule has 2 heterocycles. The Kier molecular flexibility index (Phi) is 4.41. The number of halogens is 1. The summed E-state index contributed by atoms with van der Waals surface area (Å²) in [6, 6.07) is 9.57. The number of carbonyl (C=O) groups is 1. The fourth-order valence-electron chi connectivity index (χ4n) is 3.43. The minimum atomic E-state index is -0.364. The van der Waals surface area contributed by atoms with Gasteiger partial charge in [0.05, 0.1) is 11.6 Å². The molecule has 1 aromatic carbocycles. The standard InChI is InChI=1S/C19H19FN4O/c1-11-12(2)24(13(3)25)17-7-6-15(20)9-16(17)18(11)23-19-14(10-21)5-4-8-22-19/h4-9,11-12,18H,1-3H3,(H,22,23)/t11-,12-,18+/m0/s1. The van der Waals surface area contributed by atoms with Crippen molar-refractivity contribution in [3.05, 3.63) is 53.5 Å². The zero-order chi connectivity index (χ0) is 18.1. The normalized spacial score (nSPS) is 22.0. The quantitative estimate of drug-likeness (QED) is 0.908. The van der Waals surface area contributed by atoms with E-state index in [4.69, 9.17) is 0 Å². The maximum atomic E-state index is 13.9. The van der Waals surface area contributed by atoms with Gasteiger partial charge in [-0.3, -0.25) is 4.79 Å². The molecule has 0 saturated carbocycles. The SMILES string of the molecule is CC(=O)N1c2ccc(F)cc2[C@H](Nc2ncccc2C#N)[C@@H](C)[C@@H]1C. The van der Waals surface area contributed by atoms with Crippen molar-refractivity contribution in [1.82, 2.24) is 4.98 Å². The summed E-state index contributed by atoms with van der Waals surface area (Å²) >= 11 is 0. The van der Waals surface area contributed by atoms with Crippen LogP contribution in [0.15, 0.2) is 36.5 Å². The molecule has 25 heavy (non-hydrogen) atoms. The molecule has 3 rings (SSSR count). The molecule has 0 bridgehead atoms. The number of aromatic nitrogens is 1. The van der Waals surface area contributed by atoms with Crippen molar-refractivity contribution in [3.8, 4) is 6.07 Å². The van der Waals surface area contributed by atoms with Gasteiger partial charge >= 0.3 is 0 Å². The van der Waals surface area contributed by atoms with Gasteiger partial charge in [-0.15, -0.1) is 0 Å². The fraction of sp³-hybridized carbons (Fsp3) is 0.316. The number of pyridine rings is 1. The van der Waals surface area contributed by atoms with Crippen molar-refractivity contribution in [3.63, 3.8) is 0 Å². The molecular formula is C19H19FN4O. The van der Waals surface area contributed by atoms with Crippen LogP contribution in [0.25, 0.3) is 0 Å². The first kappa shape index (κ1) is 16.9. The monoisotopic (exact) mass is 338 g/mol. The number of anilines is 2. The topological polar surface area (TPSA) is 69.0 Å². The highest BCUT2D eigenvalue weighted by Gasteiger charge is 2.38. The smallest absolute Gasteiger partial charge is 0.224 e. The predicted octanol–water partition coefficient (Wildman–Crippen LogP) is 3.64. The van der Waals surface area contributed by atoms with Crippen LogP contribution >= 0.6 is 0 Å². The van der Waals surface area contributed by atoms with Crippen LogP contribution in [0.5, 0.6) is 0 Å². The van der Waals surface area contributed by atoms with Gasteiger partial charge in [0.2, 0.25) is 5.91 Å². The number of nitrogens with zero attached hydrogens (tertiary/aromatic N) is 3. The Hall–Kier alpha value is -2.94. The van der Waals surface area contributed by atoms with Crippen LogP contribution in [0.2, 0.25) is 0 Å². The lowest BCUT2D eigenvalue weighted by molar-refractivity contribution is -0.117. The van der Waals surface area contributed by atoms with Crippen LogP contribution in [-0.2, 0) is 4.79 Å². The van der Waals surface area contributed by atoms with E-state index in [2.05, 4.69) is 16.4 Å². The van der Waals surface area contributed by atoms with E-state index in [1.54, 1.807) is 29.3 Å². The molecule has 2 aromatic rings. The Bertz CT molecular complexity index is 861. The van der Waals surface area contributed by atoms with Gasteiger partial charge < -0.3 is 10.2 Å². The first-order valence-electron chi connectivity index (χ1n) is 8.15. The highest BCUT2D eigenvalue weighted by Crippen LogP contribution is 2.42. The number of benzene rings is 1. The molecule has 0 aliphatic carbocycles. The second-order valence-corrected chi connectivity index (χ2v) is 6.33. The lowest BCUT2D eigenvalue weighted by Crippen LogP contribution is -2.48. The number of nitriles is 1. The molecule has 0 unspecified atom stereocenters. The van der Waals surface area contributed by atoms with Crippen LogP contribution in [0.1, 0.15) is 37.9 Å². The summed E-state index contributed by atoms with van der Waals surface area (Å²) in [5, 5.41) is 12.6. The maximum absolute atomic E-state index is 13.9. The van der Waals surface area contributed by atoms with Crippen molar-refractivity contribution in [2.75, 3.05) is 10.2 Å². The highest BCUT2D eigenvalue weighted by molar-refractivity contribution is 5.94. The summed E-state index contributed by atoms with van der Waals surface area (Å²) in [6.45, 7) is 5.48. The van der Waals surface area contributed by atoms with Gasteiger partial charge in [0.25, 0.3) is 0 Å². The lowest BCUT2D eigenvalue weighted by Gasteiger charge is -2.44. The molecular weight excluding hydrogens is 319 g/mol. The molecule has 0 fully saturated rings. The summed E-state index contributed by atoms with van der Waals surface area (Å²) in [5.41, 5.74) is 1.80. The Morgan fingerprint density at radius 1 is 1.36 bits per heavy atom. The molecule has 1 amide bonds. The molecule has 128 valence electrons. The zero-order valence-corrected chi connectivity index (χ0v) is 14.3. The van der Waals surface area contributed by atoms with Crippen molar-refractivity contribution in [1.29, 1.82) is 5.26 Å². The second kappa shape index (κ2) is 6.52. The van der Waals surface area contributed by atoms with Gasteiger partial charge in [-0.1, -0.05) is 6.92 Å². The summed E-state index contributed by atoms with van der Waals surface area (Å²) in [5.74, 6) is 0.00539. The summed E-state index contributed by atoms with van der Waals surface area (Å²) in [7, 11) is 0. The van der Waals surface area contributed by atoms with Gasteiger partial charge in [0.15, 0.2) is 0 Å². The van der Waals surface area contributed by atoms with E-state index in [9.17, 15) is 14.4 Å². The van der Waals surface area contributed by atoms with Crippen molar-refractivity contribution >= 4 is 17.4 Å². The van der Waals surface area contributed by atoms with Crippen molar-refractivity contribution < 1.29 is 9.18 Å². The molecule has 0 spiro atoms. The largest absolute Gasteiger partial charge is 0.362 e. The van der Waals surface area contributed by atoms with E-state index < -0.39 is 0 Å². The number of rotatable bonds is 2. The van der Waals surface area contributed by atoms with Crippen LogP contribution in [-0.4, -0.2) is 16.9 Å². The molecule has 1 aliphatic heterocycles. The van der Waals surface area contributed by atoms with Crippen LogP contribution < -0.4 is 10.2 Å². The van der Waals surface area contributed by atoms with E-state index in [1.807, 2.05) is 13.8 Å². The number of hydrogen-bond donors (Lipinski definition) is 1. The third-order valence-electron chi connectivity index (χ3n) is 4.84. The maximum Gasteiger partial charge on any atom is 0.224 e. The third-order valence-corrected chi connectivity index (χ3v) is 4.84. The summed E-state index contributed by atoms with van der Waals surface area (Å²) in [6.07, 6.45) is 1.61. The van der Waals surface area contributed by atoms with Gasteiger partial charge in [-0.2, -0.15) is 5.26 Å². The van der Waals surface area contributed by atoms with Crippen molar-refractivity contribution in [2.45, 2.75) is 32.9 Å². The fourth-order valence-corrected chi connectivity index (χ4v) is 3.43. The third kappa shape index (κ3) is 2.93. The van der Waals surface area contributed by atoms with Gasteiger partial charge in [0, 0.05) is 36.3 Å². The van der Waals surface area contributed by atoms with Gasteiger partial charge in [-0.05, 0) is 37.3 Å². The van der Waals surface area contributed by atoms with E-state index in [0.29, 0.717) is 22.6 Å². The number of hydrogen-bond acceptors (Lipinski definition) is 4. The number of carbonyl (C=O) groups excluding carboxylic acids is 1. The number of nitrogens with one attached hydrogen (secondary N) is 1. The molecule has 0 radical (unpaired) electrons. The average Bonchev–Trinajstić information content (AvgIpc) is 2.59. The van der Waals surface area contributed by atoms with Crippen LogP contribution in [0.3, 0.4) is 0 Å². The Balaban J connectivity index is 2.10. The highest BCUT2D eigenvalue weighted by atomic mass is 19.1. The van der Waals surface area contributed by atoms with Gasteiger partial charge in [-0.25, -0.2) is 9.37 Å². The van der Waals surface area contributed by atoms with Gasteiger partial charge in [0.1, 0.15) is 17.7 Å². The van der Waals surface area contributed by atoms with E-state index in [1.165, 1.54) is 19.1 Å². The molecule has 3 atom stereocenters. The lowest BCUT2D eigenvalue weighted by atomic mass is 9.82. The Morgan fingerprint density at radius 2 is 2.12 bits per heavy atom. The second-order valence-electron chi connectivity index (χ2n) is 6.33. The minimum Gasteiger partial charge on any atom is -0.362 e. The Labute approximate surface area is 146 Å².